The summed E-state index contributed by atoms with van der Waals surface area (Å²) in [5.41, 5.74) is 2.55. The molecule has 0 saturated heterocycles. The van der Waals surface area contributed by atoms with E-state index >= 15 is 0 Å². The molecular formula is C16H17BrClN. The van der Waals surface area contributed by atoms with Gasteiger partial charge in [0.1, 0.15) is 0 Å². The van der Waals surface area contributed by atoms with Crippen LogP contribution in [0.5, 0.6) is 0 Å². The van der Waals surface area contributed by atoms with Crippen LogP contribution >= 0.6 is 27.5 Å². The predicted octanol–water partition coefficient (Wildman–Crippen LogP) is 5.00. The molecule has 1 atom stereocenters. The second-order valence-corrected chi connectivity index (χ2v) is 5.85. The van der Waals surface area contributed by atoms with Crippen molar-refractivity contribution in [3.8, 4) is 0 Å². The van der Waals surface area contributed by atoms with E-state index in [9.17, 15) is 0 Å². The van der Waals surface area contributed by atoms with Crippen molar-refractivity contribution in [1.29, 1.82) is 0 Å². The maximum absolute atomic E-state index is 6.05. The fourth-order valence-corrected chi connectivity index (χ4v) is 2.63. The first-order valence-electron chi connectivity index (χ1n) is 6.42. The largest absolute Gasteiger partial charge is 0.310 e. The molecule has 3 heteroatoms. The predicted molar refractivity (Wildman–Crippen MR) is 85.7 cm³/mol. The maximum atomic E-state index is 6.05. The van der Waals surface area contributed by atoms with Crippen LogP contribution in [0.15, 0.2) is 53.0 Å². The Hall–Kier alpha value is -0.830. The molecule has 0 aliphatic heterocycles. The molecule has 1 nitrogen and oxygen atoms in total. The van der Waals surface area contributed by atoms with Crippen molar-refractivity contribution in [3.05, 3.63) is 69.2 Å². The first-order chi connectivity index (χ1) is 9.19. The molecule has 1 unspecified atom stereocenters. The minimum absolute atomic E-state index is 0.316. The van der Waals surface area contributed by atoms with Crippen molar-refractivity contribution in [3.63, 3.8) is 0 Å². The highest BCUT2D eigenvalue weighted by Crippen LogP contribution is 2.22. The third kappa shape index (κ3) is 4.34. The summed E-state index contributed by atoms with van der Waals surface area (Å²) in [4.78, 5) is 0. The summed E-state index contributed by atoms with van der Waals surface area (Å²) < 4.78 is 1.11. The van der Waals surface area contributed by atoms with Gasteiger partial charge in [0.25, 0.3) is 0 Å². The summed E-state index contributed by atoms with van der Waals surface area (Å²) in [5.74, 6) is 0. The monoisotopic (exact) mass is 337 g/mol. The van der Waals surface area contributed by atoms with Crippen LogP contribution in [0, 0.1) is 0 Å². The number of hydrogen-bond acceptors (Lipinski definition) is 1. The van der Waals surface area contributed by atoms with Gasteiger partial charge >= 0.3 is 0 Å². The van der Waals surface area contributed by atoms with E-state index in [1.165, 1.54) is 11.1 Å². The van der Waals surface area contributed by atoms with E-state index in [-0.39, 0.29) is 0 Å². The fourth-order valence-electron chi connectivity index (χ4n) is 2.15. The molecule has 0 amide bonds. The first kappa shape index (κ1) is 14.6. The van der Waals surface area contributed by atoms with Crippen LogP contribution in [0.25, 0.3) is 0 Å². The average molecular weight is 339 g/mol. The van der Waals surface area contributed by atoms with Gasteiger partial charge in [-0.3, -0.25) is 0 Å². The van der Waals surface area contributed by atoms with Crippen molar-refractivity contribution in [2.45, 2.75) is 19.4 Å². The number of halogens is 2. The van der Waals surface area contributed by atoms with E-state index in [1.807, 2.05) is 18.2 Å². The summed E-state index contributed by atoms with van der Waals surface area (Å²) >= 11 is 9.52. The van der Waals surface area contributed by atoms with Gasteiger partial charge in [-0.25, -0.2) is 0 Å². The van der Waals surface area contributed by atoms with Crippen LogP contribution in [-0.2, 0) is 6.42 Å². The van der Waals surface area contributed by atoms with Gasteiger partial charge in [-0.15, -0.1) is 0 Å². The lowest BCUT2D eigenvalue weighted by Gasteiger charge is -2.18. The number of likely N-dealkylation sites (N-methyl/N-ethyl adjacent to an activating group) is 1. The highest BCUT2D eigenvalue weighted by molar-refractivity contribution is 9.10. The Kier molecular flexibility index (Phi) is 5.44. The molecule has 0 radical (unpaired) electrons. The van der Waals surface area contributed by atoms with Crippen molar-refractivity contribution in [1.82, 2.24) is 5.32 Å². The first-order valence-corrected chi connectivity index (χ1v) is 7.59. The van der Waals surface area contributed by atoms with Crippen LogP contribution in [0.2, 0.25) is 5.02 Å². The Labute approximate surface area is 128 Å². The zero-order chi connectivity index (χ0) is 13.7. The number of hydrogen-bond donors (Lipinski definition) is 1. The average Bonchev–Trinajstić information content (AvgIpc) is 2.39. The van der Waals surface area contributed by atoms with E-state index in [2.05, 4.69) is 58.5 Å². The summed E-state index contributed by atoms with van der Waals surface area (Å²) in [6.45, 7) is 3.07. The van der Waals surface area contributed by atoms with E-state index in [1.54, 1.807) is 0 Å². The van der Waals surface area contributed by atoms with Crippen LogP contribution in [0.1, 0.15) is 24.1 Å². The Morgan fingerprint density at radius 3 is 2.53 bits per heavy atom. The van der Waals surface area contributed by atoms with Crippen LogP contribution < -0.4 is 5.32 Å². The minimum atomic E-state index is 0.316. The lowest BCUT2D eigenvalue weighted by molar-refractivity contribution is 0.550. The highest BCUT2D eigenvalue weighted by atomic mass is 79.9. The Balaban J connectivity index is 2.18. The SMILES string of the molecule is CCNC(Cc1cccc(Cl)c1)c1ccc(Br)cc1. The highest BCUT2D eigenvalue weighted by Gasteiger charge is 2.11. The molecule has 0 heterocycles. The van der Waals surface area contributed by atoms with Crippen molar-refractivity contribution in [2.75, 3.05) is 6.54 Å². The lowest BCUT2D eigenvalue weighted by Crippen LogP contribution is -2.22. The topological polar surface area (TPSA) is 12.0 Å². The van der Waals surface area contributed by atoms with Gasteiger partial charge in [0.2, 0.25) is 0 Å². The van der Waals surface area contributed by atoms with Gasteiger partial charge in [-0.05, 0) is 48.4 Å². The number of nitrogens with one attached hydrogen (secondary N) is 1. The lowest BCUT2D eigenvalue weighted by atomic mass is 9.99. The third-order valence-electron chi connectivity index (χ3n) is 3.05. The molecule has 0 aromatic heterocycles. The fraction of sp³-hybridized carbons (Fsp3) is 0.250. The standard InChI is InChI=1S/C16H17BrClN/c1-2-19-16(13-6-8-14(17)9-7-13)11-12-4-3-5-15(18)10-12/h3-10,16,19H,2,11H2,1H3. The van der Waals surface area contributed by atoms with Crippen LogP contribution in [-0.4, -0.2) is 6.54 Å². The zero-order valence-corrected chi connectivity index (χ0v) is 13.2. The molecule has 100 valence electrons. The molecule has 19 heavy (non-hydrogen) atoms. The minimum Gasteiger partial charge on any atom is -0.310 e. The van der Waals surface area contributed by atoms with E-state index in [0.717, 1.165) is 22.5 Å². The van der Waals surface area contributed by atoms with Gasteiger partial charge in [-0.1, -0.05) is 58.7 Å². The van der Waals surface area contributed by atoms with Gasteiger partial charge < -0.3 is 5.32 Å². The van der Waals surface area contributed by atoms with Gasteiger partial charge in [0.05, 0.1) is 0 Å². The molecule has 0 aliphatic carbocycles. The van der Waals surface area contributed by atoms with E-state index < -0.39 is 0 Å². The van der Waals surface area contributed by atoms with Crippen LogP contribution in [0.4, 0.5) is 0 Å². The molecular weight excluding hydrogens is 322 g/mol. The molecule has 0 saturated carbocycles. The van der Waals surface area contributed by atoms with E-state index in [4.69, 9.17) is 11.6 Å². The maximum Gasteiger partial charge on any atom is 0.0408 e. The second kappa shape index (κ2) is 7.09. The van der Waals surface area contributed by atoms with Gasteiger partial charge in [0.15, 0.2) is 0 Å². The normalized spacial score (nSPS) is 12.4. The Morgan fingerprint density at radius 1 is 1.16 bits per heavy atom. The molecule has 0 spiro atoms. The second-order valence-electron chi connectivity index (χ2n) is 4.50. The molecule has 2 rings (SSSR count). The van der Waals surface area contributed by atoms with Gasteiger partial charge in [0, 0.05) is 15.5 Å². The molecule has 1 N–H and O–H groups in total. The number of rotatable bonds is 5. The molecule has 0 bridgehead atoms. The summed E-state index contributed by atoms with van der Waals surface area (Å²) in [6, 6.07) is 16.9. The molecule has 0 aliphatic rings. The smallest absolute Gasteiger partial charge is 0.0408 e. The molecule has 2 aromatic rings. The van der Waals surface area contributed by atoms with Gasteiger partial charge in [-0.2, -0.15) is 0 Å². The quantitative estimate of drug-likeness (QED) is 0.809. The Bertz CT molecular complexity index is 525. The zero-order valence-electron chi connectivity index (χ0n) is 10.9. The summed E-state index contributed by atoms with van der Waals surface area (Å²) in [5, 5.41) is 4.32. The van der Waals surface area contributed by atoms with Crippen molar-refractivity contribution >= 4 is 27.5 Å². The molecule has 2 aromatic carbocycles. The van der Waals surface area contributed by atoms with E-state index in [0.29, 0.717) is 6.04 Å². The summed E-state index contributed by atoms with van der Waals surface area (Å²) in [7, 11) is 0. The van der Waals surface area contributed by atoms with Crippen molar-refractivity contribution < 1.29 is 0 Å². The molecule has 0 fully saturated rings. The number of benzene rings is 2. The third-order valence-corrected chi connectivity index (χ3v) is 3.82. The van der Waals surface area contributed by atoms with Crippen molar-refractivity contribution in [2.24, 2.45) is 0 Å². The van der Waals surface area contributed by atoms with Crippen LogP contribution in [0.3, 0.4) is 0 Å². The summed E-state index contributed by atoms with van der Waals surface area (Å²) in [6.07, 6.45) is 0.941. The Morgan fingerprint density at radius 2 is 1.89 bits per heavy atom.